The van der Waals surface area contributed by atoms with Crippen LogP contribution in [0.15, 0.2) is 41.7 Å². The first-order valence-corrected chi connectivity index (χ1v) is 8.47. The highest BCUT2D eigenvalue weighted by atomic mass is 35.5. The van der Waals surface area contributed by atoms with Crippen LogP contribution in [0.3, 0.4) is 0 Å². The Morgan fingerprint density at radius 2 is 1.91 bits per heavy atom. The molecular formula is C14H10Cl3N3OS. The van der Waals surface area contributed by atoms with Crippen LogP contribution in [-0.2, 0) is 0 Å². The topological polar surface area (TPSA) is 39.4 Å². The first-order chi connectivity index (χ1) is 10.6. The smallest absolute Gasteiger partial charge is 0.195 e. The van der Waals surface area contributed by atoms with Crippen LogP contribution >= 0.6 is 46.6 Å². The van der Waals surface area contributed by atoms with Gasteiger partial charge >= 0.3 is 0 Å². The van der Waals surface area contributed by atoms with Crippen LogP contribution in [0.2, 0.25) is 15.1 Å². The van der Waals surface area contributed by atoms with Crippen LogP contribution in [0.5, 0.6) is 5.75 Å². The predicted octanol–water partition coefficient (Wildman–Crippen LogP) is 4.86. The van der Waals surface area contributed by atoms with Crippen molar-refractivity contribution in [3.8, 4) is 5.75 Å². The van der Waals surface area contributed by atoms with Gasteiger partial charge in [0.05, 0.1) is 21.7 Å². The molecule has 0 radical (unpaired) electrons. The molecule has 0 amide bonds. The highest BCUT2D eigenvalue weighted by Crippen LogP contribution is 2.26. The Hall–Kier alpha value is -1.14. The van der Waals surface area contributed by atoms with E-state index in [1.165, 1.54) is 11.8 Å². The van der Waals surface area contributed by atoms with Gasteiger partial charge in [0.2, 0.25) is 0 Å². The Kier molecular flexibility index (Phi) is 4.98. The van der Waals surface area contributed by atoms with Crippen LogP contribution in [0.1, 0.15) is 0 Å². The van der Waals surface area contributed by atoms with Crippen LogP contribution < -0.4 is 4.74 Å². The number of aromatic nitrogens is 3. The maximum atomic E-state index is 6.08. The molecule has 114 valence electrons. The van der Waals surface area contributed by atoms with Crippen LogP contribution in [0.4, 0.5) is 0 Å². The monoisotopic (exact) mass is 373 g/mol. The van der Waals surface area contributed by atoms with E-state index in [9.17, 15) is 0 Å². The van der Waals surface area contributed by atoms with Crippen molar-refractivity contribution in [2.75, 3.05) is 12.4 Å². The minimum absolute atomic E-state index is 0.471. The Labute approximate surface area is 146 Å². The van der Waals surface area contributed by atoms with Crippen molar-refractivity contribution < 1.29 is 4.74 Å². The standard InChI is InChI=1S/C14H10Cl3N3OS/c15-9-7-11(17)13-18-19-14(20(13)8-9)22-6-5-21-12-4-2-1-3-10(12)16/h1-4,7-8H,5-6H2. The molecule has 0 fully saturated rings. The van der Waals surface area contributed by atoms with E-state index < -0.39 is 0 Å². The largest absolute Gasteiger partial charge is 0.491 e. The predicted molar refractivity (Wildman–Crippen MR) is 90.7 cm³/mol. The third-order valence-electron chi connectivity index (χ3n) is 2.80. The molecule has 0 atom stereocenters. The van der Waals surface area contributed by atoms with Gasteiger partial charge in [-0.1, -0.05) is 58.7 Å². The molecule has 0 N–H and O–H groups in total. The second-order valence-corrected chi connectivity index (χ2v) is 6.62. The zero-order chi connectivity index (χ0) is 15.5. The molecule has 1 aromatic carbocycles. The lowest BCUT2D eigenvalue weighted by atomic mass is 10.3. The number of fused-ring (bicyclic) bond motifs is 1. The van der Waals surface area contributed by atoms with Gasteiger partial charge < -0.3 is 4.74 Å². The lowest BCUT2D eigenvalue weighted by Crippen LogP contribution is -2.01. The molecule has 0 unspecified atom stereocenters. The second kappa shape index (κ2) is 6.96. The summed E-state index contributed by atoms with van der Waals surface area (Å²) in [6.07, 6.45) is 1.74. The SMILES string of the molecule is Clc1cc(Cl)c2nnc(SCCOc3ccccc3Cl)n2c1. The van der Waals surface area contributed by atoms with Gasteiger partial charge in [0, 0.05) is 11.9 Å². The summed E-state index contributed by atoms with van der Waals surface area (Å²) in [4.78, 5) is 0. The molecule has 0 saturated carbocycles. The second-order valence-electron chi connectivity index (χ2n) is 4.31. The summed E-state index contributed by atoms with van der Waals surface area (Å²) in [5.41, 5.74) is 0.584. The maximum Gasteiger partial charge on any atom is 0.195 e. The van der Waals surface area contributed by atoms with Gasteiger partial charge in [-0.15, -0.1) is 10.2 Å². The Balaban J connectivity index is 1.64. The third kappa shape index (κ3) is 3.43. The number of rotatable bonds is 5. The molecular weight excluding hydrogens is 365 g/mol. The Morgan fingerprint density at radius 3 is 2.73 bits per heavy atom. The van der Waals surface area contributed by atoms with Crippen molar-refractivity contribution >= 4 is 52.2 Å². The summed E-state index contributed by atoms with van der Waals surface area (Å²) < 4.78 is 7.40. The van der Waals surface area contributed by atoms with Crippen LogP contribution in [0, 0.1) is 0 Å². The van der Waals surface area contributed by atoms with E-state index in [0.717, 1.165) is 0 Å². The number of pyridine rings is 1. The summed E-state index contributed by atoms with van der Waals surface area (Å²) in [5.74, 6) is 1.36. The highest BCUT2D eigenvalue weighted by molar-refractivity contribution is 7.99. The van der Waals surface area contributed by atoms with Crippen molar-refractivity contribution in [3.05, 3.63) is 51.6 Å². The van der Waals surface area contributed by atoms with Gasteiger partial charge in [0.1, 0.15) is 5.75 Å². The number of thioether (sulfide) groups is 1. The van der Waals surface area contributed by atoms with E-state index in [1.807, 2.05) is 18.2 Å². The van der Waals surface area contributed by atoms with E-state index in [1.54, 1.807) is 22.7 Å². The molecule has 2 aromatic heterocycles. The minimum Gasteiger partial charge on any atom is -0.491 e. The summed E-state index contributed by atoms with van der Waals surface area (Å²) in [7, 11) is 0. The molecule has 0 spiro atoms. The van der Waals surface area contributed by atoms with E-state index in [0.29, 0.717) is 44.0 Å². The van der Waals surface area contributed by atoms with E-state index in [-0.39, 0.29) is 0 Å². The number of ether oxygens (including phenoxy) is 1. The van der Waals surface area contributed by atoms with Gasteiger partial charge in [-0.2, -0.15) is 0 Å². The first kappa shape index (κ1) is 15.7. The summed E-state index contributed by atoms with van der Waals surface area (Å²) >= 11 is 19.6. The van der Waals surface area contributed by atoms with Crippen LogP contribution in [-0.4, -0.2) is 27.0 Å². The zero-order valence-corrected chi connectivity index (χ0v) is 14.3. The zero-order valence-electron chi connectivity index (χ0n) is 11.2. The molecule has 0 aliphatic carbocycles. The number of nitrogens with zero attached hydrogens (tertiary/aromatic N) is 3. The van der Waals surface area contributed by atoms with Gasteiger partial charge in [-0.05, 0) is 18.2 Å². The number of para-hydroxylation sites is 1. The fraction of sp³-hybridized carbons (Fsp3) is 0.143. The Bertz CT molecular complexity index is 809. The first-order valence-electron chi connectivity index (χ1n) is 6.35. The van der Waals surface area contributed by atoms with E-state index >= 15 is 0 Å². The Morgan fingerprint density at radius 1 is 1.09 bits per heavy atom. The number of halogens is 3. The number of benzene rings is 1. The summed E-state index contributed by atoms with van der Waals surface area (Å²) in [6, 6.07) is 9.01. The molecule has 0 bridgehead atoms. The minimum atomic E-state index is 0.471. The molecule has 4 nitrogen and oxygen atoms in total. The fourth-order valence-corrected chi connectivity index (χ4v) is 3.27. The number of hydrogen-bond acceptors (Lipinski definition) is 4. The summed E-state index contributed by atoms with van der Waals surface area (Å²) in [6.45, 7) is 0.498. The van der Waals surface area contributed by atoms with Crippen molar-refractivity contribution in [1.82, 2.24) is 14.6 Å². The average Bonchev–Trinajstić information content (AvgIpc) is 2.88. The third-order valence-corrected chi connectivity index (χ3v) is 4.51. The highest BCUT2D eigenvalue weighted by Gasteiger charge is 2.10. The summed E-state index contributed by atoms with van der Waals surface area (Å²) in [5, 5.41) is 10.5. The van der Waals surface area contributed by atoms with E-state index in [4.69, 9.17) is 39.5 Å². The van der Waals surface area contributed by atoms with Crippen molar-refractivity contribution in [2.24, 2.45) is 0 Å². The molecule has 3 rings (SSSR count). The van der Waals surface area contributed by atoms with Gasteiger partial charge in [-0.3, -0.25) is 4.40 Å². The molecule has 22 heavy (non-hydrogen) atoms. The van der Waals surface area contributed by atoms with Gasteiger partial charge in [0.25, 0.3) is 0 Å². The molecule has 0 saturated heterocycles. The molecule has 0 aliphatic heterocycles. The molecule has 2 heterocycles. The average molecular weight is 375 g/mol. The van der Waals surface area contributed by atoms with Crippen molar-refractivity contribution in [2.45, 2.75) is 5.16 Å². The molecule has 8 heteroatoms. The maximum absolute atomic E-state index is 6.08. The van der Waals surface area contributed by atoms with Gasteiger partial charge in [0.15, 0.2) is 10.8 Å². The van der Waals surface area contributed by atoms with Crippen molar-refractivity contribution in [3.63, 3.8) is 0 Å². The lowest BCUT2D eigenvalue weighted by molar-refractivity contribution is 0.344. The van der Waals surface area contributed by atoms with Crippen LogP contribution in [0.25, 0.3) is 5.65 Å². The lowest BCUT2D eigenvalue weighted by Gasteiger charge is -2.07. The molecule has 0 aliphatic rings. The normalized spacial score (nSPS) is 11.0. The molecule has 3 aromatic rings. The number of hydrogen-bond donors (Lipinski definition) is 0. The van der Waals surface area contributed by atoms with Crippen molar-refractivity contribution in [1.29, 1.82) is 0 Å². The van der Waals surface area contributed by atoms with E-state index in [2.05, 4.69) is 10.2 Å². The van der Waals surface area contributed by atoms with Gasteiger partial charge in [-0.25, -0.2) is 0 Å². The fourth-order valence-electron chi connectivity index (χ4n) is 1.85. The quantitative estimate of drug-likeness (QED) is 0.472.